The van der Waals surface area contributed by atoms with Crippen molar-refractivity contribution in [3.8, 4) is 5.75 Å². The Kier molecular flexibility index (Phi) is 5.72. The molecule has 0 aromatic heterocycles. The van der Waals surface area contributed by atoms with Gasteiger partial charge in [0.15, 0.2) is 0 Å². The van der Waals surface area contributed by atoms with Crippen LogP contribution < -0.4 is 4.74 Å². The molecule has 0 heterocycles. The van der Waals surface area contributed by atoms with Gasteiger partial charge in [0.25, 0.3) is 0 Å². The molecule has 1 aromatic rings. The van der Waals surface area contributed by atoms with Crippen LogP contribution in [0.15, 0.2) is 24.3 Å². The van der Waals surface area contributed by atoms with Crippen LogP contribution in [0, 0.1) is 0 Å². The van der Waals surface area contributed by atoms with Crippen molar-refractivity contribution in [2.75, 3.05) is 6.61 Å². The number of hydrogen-bond acceptors (Lipinski definition) is 2. The Balaban J connectivity index is 0.00000169. The molecule has 78 valence electrons. The lowest BCUT2D eigenvalue weighted by atomic mass is 10.1. The van der Waals surface area contributed by atoms with E-state index in [4.69, 9.17) is 9.84 Å². The number of carboxylic acid groups (broad SMARTS) is 1. The summed E-state index contributed by atoms with van der Waals surface area (Å²) in [5, 5.41) is 8.60. The van der Waals surface area contributed by atoms with Gasteiger partial charge in [0.2, 0.25) is 0 Å². The molecule has 0 saturated carbocycles. The van der Waals surface area contributed by atoms with Crippen LogP contribution in [0.5, 0.6) is 5.75 Å². The molecule has 0 bridgehead atoms. The molecule has 3 nitrogen and oxygen atoms in total. The highest BCUT2D eigenvalue weighted by Crippen LogP contribution is 2.18. The van der Waals surface area contributed by atoms with Gasteiger partial charge in [-0.15, -0.1) is 12.4 Å². The highest BCUT2D eigenvalue weighted by Gasteiger charge is 2.05. The van der Waals surface area contributed by atoms with E-state index >= 15 is 0 Å². The normalized spacial score (nSPS) is 8.93. The molecule has 1 rings (SSSR count). The average molecular weight is 217 g/mol. The average Bonchev–Trinajstić information content (AvgIpc) is 2.08. The maximum atomic E-state index is 10.5. The fourth-order valence-electron chi connectivity index (χ4n) is 1.11. The molecule has 1 aromatic carbocycles. The zero-order valence-electron chi connectivity index (χ0n) is 7.90. The SMILES string of the molecule is CCOc1ccccc1CC(=O)O.Cl. The van der Waals surface area contributed by atoms with Crippen LogP contribution in [0.1, 0.15) is 12.5 Å². The summed E-state index contributed by atoms with van der Waals surface area (Å²) < 4.78 is 5.27. The fraction of sp³-hybridized carbons (Fsp3) is 0.300. The Morgan fingerprint density at radius 2 is 2.07 bits per heavy atom. The topological polar surface area (TPSA) is 46.5 Å². The quantitative estimate of drug-likeness (QED) is 0.839. The number of carbonyl (C=O) groups is 1. The molecule has 0 aliphatic carbocycles. The van der Waals surface area contributed by atoms with Crippen molar-refractivity contribution in [3.05, 3.63) is 29.8 Å². The summed E-state index contributed by atoms with van der Waals surface area (Å²) in [6.45, 7) is 2.42. The highest BCUT2D eigenvalue weighted by molar-refractivity contribution is 5.85. The molecule has 0 atom stereocenters. The van der Waals surface area contributed by atoms with Crippen molar-refractivity contribution >= 4 is 18.4 Å². The van der Waals surface area contributed by atoms with Crippen LogP contribution in [-0.2, 0) is 11.2 Å². The molecule has 14 heavy (non-hydrogen) atoms. The van der Waals surface area contributed by atoms with E-state index < -0.39 is 5.97 Å². The third kappa shape index (κ3) is 3.66. The van der Waals surface area contributed by atoms with Crippen molar-refractivity contribution in [2.24, 2.45) is 0 Å². The van der Waals surface area contributed by atoms with Gasteiger partial charge in [-0.2, -0.15) is 0 Å². The number of ether oxygens (including phenoxy) is 1. The van der Waals surface area contributed by atoms with Crippen molar-refractivity contribution in [2.45, 2.75) is 13.3 Å². The lowest BCUT2D eigenvalue weighted by Crippen LogP contribution is -2.03. The van der Waals surface area contributed by atoms with E-state index in [1.807, 2.05) is 13.0 Å². The molecular weight excluding hydrogens is 204 g/mol. The number of aliphatic carboxylic acids is 1. The Hall–Kier alpha value is -1.22. The monoisotopic (exact) mass is 216 g/mol. The molecule has 0 aliphatic heterocycles. The van der Waals surface area contributed by atoms with E-state index in [9.17, 15) is 4.79 Å². The summed E-state index contributed by atoms with van der Waals surface area (Å²) in [7, 11) is 0. The molecule has 4 heteroatoms. The number of para-hydroxylation sites is 1. The van der Waals surface area contributed by atoms with E-state index in [2.05, 4.69) is 0 Å². The van der Waals surface area contributed by atoms with E-state index in [-0.39, 0.29) is 18.8 Å². The van der Waals surface area contributed by atoms with Crippen LogP contribution in [0.2, 0.25) is 0 Å². The number of carboxylic acids is 1. The maximum absolute atomic E-state index is 10.5. The summed E-state index contributed by atoms with van der Waals surface area (Å²) in [5.41, 5.74) is 0.719. The predicted octanol–water partition coefficient (Wildman–Crippen LogP) is 2.13. The van der Waals surface area contributed by atoms with Crippen LogP contribution >= 0.6 is 12.4 Å². The van der Waals surface area contributed by atoms with Crippen LogP contribution in [0.4, 0.5) is 0 Å². The minimum absolute atomic E-state index is 0. The van der Waals surface area contributed by atoms with Crippen molar-refractivity contribution in [1.29, 1.82) is 0 Å². The zero-order chi connectivity index (χ0) is 9.68. The number of rotatable bonds is 4. The molecule has 0 spiro atoms. The first-order chi connectivity index (χ1) is 6.24. The van der Waals surface area contributed by atoms with Crippen molar-refractivity contribution < 1.29 is 14.6 Å². The fourth-order valence-corrected chi connectivity index (χ4v) is 1.11. The van der Waals surface area contributed by atoms with Gasteiger partial charge in [0.05, 0.1) is 13.0 Å². The van der Waals surface area contributed by atoms with E-state index in [1.54, 1.807) is 18.2 Å². The Bertz CT molecular complexity index is 299. The smallest absolute Gasteiger partial charge is 0.307 e. The summed E-state index contributed by atoms with van der Waals surface area (Å²) in [6.07, 6.45) is 0.0101. The minimum Gasteiger partial charge on any atom is -0.494 e. The molecule has 0 fully saturated rings. The third-order valence-corrected chi connectivity index (χ3v) is 1.61. The second-order valence-corrected chi connectivity index (χ2v) is 2.61. The second-order valence-electron chi connectivity index (χ2n) is 2.61. The number of benzene rings is 1. The summed E-state index contributed by atoms with van der Waals surface area (Å²) in [5.74, 6) is -0.181. The molecular formula is C10H13ClO3. The first-order valence-corrected chi connectivity index (χ1v) is 4.16. The van der Waals surface area contributed by atoms with Gasteiger partial charge in [0.1, 0.15) is 5.75 Å². The summed E-state index contributed by atoms with van der Waals surface area (Å²) in [6, 6.07) is 7.18. The van der Waals surface area contributed by atoms with Crippen molar-refractivity contribution in [3.63, 3.8) is 0 Å². The highest BCUT2D eigenvalue weighted by atomic mass is 35.5. The Morgan fingerprint density at radius 3 is 2.64 bits per heavy atom. The Labute approximate surface area is 89.1 Å². The molecule has 0 unspecified atom stereocenters. The molecule has 0 saturated heterocycles. The van der Waals surface area contributed by atoms with Gasteiger partial charge < -0.3 is 9.84 Å². The van der Waals surface area contributed by atoms with Gasteiger partial charge in [0, 0.05) is 5.56 Å². The first-order valence-electron chi connectivity index (χ1n) is 4.16. The molecule has 0 radical (unpaired) electrons. The van der Waals surface area contributed by atoms with Gasteiger partial charge in [-0.05, 0) is 13.0 Å². The lowest BCUT2D eigenvalue weighted by Gasteiger charge is -2.07. The van der Waals surface area contributed by atoms with Gasteiger partial charge >= 0.3 is 5.97 Å². The van der Waals surface area contributed by atoms with Gasteiger partial charge in [-0.25, -0.2) is 0 Å². The predicted molar refractivity (Wildman–Crippen MR) is 56.2 cm³/mol. The van der Waals surface area contributed by atoms with Gasteiger partial charge in [-0.1, -0.05) is 18.2 Å². The Morgan fingerprint density at radius 1 is 1.43 bits per heavy atom. The maximum Gasteiger partial charge on any atom is 0.307 e. The zero-order valence-corrected chi connectivity index (χ0v) is 8.71. The summed E-state index contributed by atoms with van der Waals surface area (Å²) in [4.78, 5) is 10.5. The third-order valence-electron chi connectivity index (χ3n) is 1.61. The van der Waals surface area contributed by atoms with Gasteiger partial charge in [-0.3, -0.25) is 4.79 Å². The second kappa shape index (κ2) is 6.27. The number of halogens is 1. The van der Waals surface area contributed by atoms with Crippen LogP contribution in [0.3, 0.4) is 0 Å². The van der Waals surface area contributed by atoms with Crippen LogP contribution in [-0.4, -0.2) is 17.7 Å². The molecule has 1 N–H and O–H groups in total. The number of hydrogen-bond donors (Lipinski definition) is 1. The minimum atomic E-state index is -0.841. The standard InChI is InChI=1S/C10H12O3.ClH/c1-2-13-9-6-4-3-5-8(9)7-10(11)12;/h3-6H,2,7H2,1H3,(H,11,12);1H. The molecule has 0 amide bonds. The van der Waals surface area contributed by atoms with E-state index in [0.29, 0.717) is 12.4 Å². The van der Waals surface area contributed by atoms with E-state index in [1.165, 1.54) is 0 Å². The largest absolute Gasteiger partial charge is 0.494 e. The first kappa shape index (κ1) is 12.8. The lowest BCUT2D eigenvalue weighted by molar-refractivity contribution is -0.136. The molecule has 0 aliphatic rings. The van der Waals surface area contributed by atoms with Crippen molar-refractivity contribution in [1.82, 2.24) is 0 Å². The van der Waals surface area contributed by atoms with Crippen LogP contribution in [0.25, 0.3) is 0 Å². The van der Waals surface area contributed by atoms with E-state index in [0.717, 1.165) is 5.56 Å². The summed E-state index contributed by atoms with van der Waals surface area (Å²) >= 11 is 0.